The van der Waals surface area contributed by atoms with Crippen molar-refractivity contribution in [2.45, 2.75) is 0 Å². The van der Waals surface area contributed by atoms with Crippen LogP contribution in [-0.2, 0) is 0 Å². The summed E-state index contributed by atoms with van der Waals surface area (Å²) >= 11 is 0. The van der Waals surface area contributed by atoms with Gasteiger partial charge in [-0.25, -0.2) is 0 Å². The molecular formula is C15H13N3O3. The minimum Gasteiger partial charge on any atom is -0.438 e. The van der Waals surface area contributed by atoms with Crippen LogP contribution in [-0.4, -0.2) is 29.5 Å². The zero-order chi connectivity index (χ0) is 15.1. The third kappa shape index (κ3) is 3.78. The van der Waals surface area contributed by atoms with E-state index in [-0.39, 0.29) is 18.1 Å². The van der Waals surface area contributed by atoms with Crippen molar-refractivity contribution in [2.24, 2.45) is 0 Å². The molecule has 0 spiro atoms. The second-order valence-corrected chi connectivity index (χ2v) is 4.10. The van der Waals surface area contributed by atoms with Gasteiger partial charge in [-0.3, -0.25) is 4.79 Å². The molecule has 1 aromatic carbocycles. The van der Waals surface area contributed by atoms with Crippen LogP contribution in [0.2, 0.25) is 0 Å². The van der Waals surface area contributed by atoms with Gasteiger partial charge in [0.25, 0.3) is 0 Å². The zero-order valence-electron chi connectivity index (χ0n) is 11.1. The van der Waals surface area contributed by atoms with E-state index in [1.807, 2.05) is 6.07 Å². The van der Waals surface area contributed by atoms with Crippen LogP contribution in [0.25, 0.3) is 0 Å². The van der Waals surface area contributed by atoms with Gasteiger partial charge < -0.3 is 15.2 Å². The van der Waals surface area contributed by atoms with E-state index in [0.717, 1.165) is 0 Å². The number of ether oxygens (including phenoxy) is 1. The maximum atomic E-state index is 10.7. The summed E-state index contributed by atoms with van der Waals surface area (Å²) in [5.41, 5.74) is 0.752. The van der Waals surface area contributed by atoms with Gasteiger partial charge in [0.05, 0.1) is 6.61 Å². The number of aliphatic hydroxyl groups is 1. The van der Waals surface area contributed by atoms with E-state index in [1.54, 1.807) is 36.4 Å². The summed E-state index contributed by atoms with van der Waals surface area (Å²) in [7, 11) is 0. The molecule has 0 amide bonds. The summed E-state index contributed by atoms with van der Waals surface area (Å²) in [5.74, 6) is 1.05. The molecule has 1 aromatic heterocycles. The summed E-state index contributed by atoms with van der Waals surface area (Å²) in [6, 6.07) is 11.8. The van der Waals surface area contributed by atoms with Crippen molar-refractivity contribution < 1.29 is 14.6 Å². The summed E-state index contributed by atoms with van der Waals surface area (Å²) in [4.78, 5) is 14.9. The molecular weight excluding hydrogens is 270 g/mol. The number of hydrogen-bond donors (Lipinski definition) is 2. The van der Waals surface area contributed by atoms with E-state index in [4.69, 9.17) is 15.1 Å². The topological polar surface area (TPSA) is 95.2 Å². The van der Waals surface area contributed by atoms with Gasteiger partial charge in [0.2, 0.25) is 5.88 Å². The molecule has 2 aromatic rings. The fourth-order valence-corrected chi connectivity index (χ4v) is 1.65. The Hall–Kier alpha value is -2.91. The Balaban J connectivity index is 2.28. The molecule has 0 saturated carbocycles. The smallest absolute Gasteiger partial charge is 0.239 e. The molecule has 0 radical (unpaired) electrons. The largest absolute Gasteiger partial charge is 0.438 e. The number of aliphatic hydroxyl groups excluding tert-OH is 1. The summed E-state index contributed by atoms with van der Waals surface area (Å²) in [6.07, 6.45) is 0.713. The lowest BCUT2D eigenvalue weighted by Gasteiger charge is -2.09. The molecule has 0 unspecified atom stereocenters. The number of aromatic nitrogens is 1. The average molecular weight is 283 g/mol. The highest BCUT2D eigenvalue weighted by atomic mass is 16.5. The van der Waals surface area contributed by atoms with Gasteiger partial charge in [0.15, 0.2) is 0 Å². The highest BCUT2D eigenvalue weighted by molar-refractivity contribution is 5.75. The zero-order valence-corrected chi connectivity index (χ0v) is 11.1. The van der Waals surface area contributed by atoms with Crippen molar-refractivity contribution in [3.05, 3.63) is 47.5 Å². The van der Waals surface area contributed by atoms with E-state index in [0.29, 0.717) is 30.0 Å². The minimum absolute atomic E-state index is 0.0285. The predicted molar refractivity (Wildman–Crippen MR) is 76.4 cm³/mol. The van der Waals surface area contributed by atoms with Gasteiger partial charge in [0.1, 0.15) is 29.5 Å². The fourth-order valence-electron chi connectivity index (χ4n) is 1.65. The average Bonchev–Trinajstić information content (AvgIpc) is 2.53. The van der Waals surface area contributed by atoms with E-state index < -0.39 is 0 Å². The van der Waals surface area contributed by atoms with Gasteiger partial charge in [-0.15, -0.1) is 0 Å². The molecule has 0 fully saturated rings. The van der Waals surface area contributed by atoms with Crippen molar-refractivity contribution in [1.29, 1.82) is 5.26 Å². The molecule has 0 bridgehead atoms. The minimum atomic E-state index is -0.0285. The SMILES string of the molecule is N#Cc1ccc(NCCO)nc1Oc1cccc(C=O)c1. The molecule has 0 aliphatic rings. The summed E-state index contributed by atoms with van der Waals surface area (Å²) in [6.45, 7) is 0.318. The van der Waals surface area contributed by atoms with Crippen LogP contribution in [0.5, 0.6) is 11.6 Å². The van der Waals surface area contributed by atoms with Crippen molar-refractivity contribution in [3.63, 3.8) is 0 Å². The molecule has 2 N–H and O–H groups in total. The Kier molecular flexibility index (Phi) is 4.85. The first-order valence-electron chi connectivity index (χ1n) is 6.26. The maximum Gasteiger partial charge on any atom is 0.239 e. The lowest BCUT2D eigenvalue weighted by atomic mass is 10.2. The number of nitriles is 1. The van der Waals surface area contributed by atoms with Gasteiger partial charge in [-0.05, 0) is 24.3 Å². The van der Waals surface area contributed by atoms with Crippen LogP contribution in [0.1, 0.15) is 15.9 Å². The number of anilines is 1. The Morgan fingerprint density at radius 2 is 2.24 bits per heavy atom. The first kappa shape index (κ1) is 14.5. The van der Waals surface area contributed by atoms with Crippen LogP contribution in [0.15, 0.2) is 36.4 Å². The highest BCUT2D eigenvalue weighted by Crippen LogP contribution is 2.25. The van der Waals surface area contributed by atoms with Crippen molar-refractivity contribution in [3.8, 4) is 17.7 Å². The van der Waals surface area contributed by atoms with E-state index in [1.165, 1.54) is 0 Å². The molecule has 106 valence electrons. The van der Waals surface area contributed by atoms with Crippen LogP contribution in [0.4, 0.5) is 5.82 Å². The maximum absolute atomic E-state index is 10.7. The molecule has 21 heavy (non-hydrogen) atoms. The number of nitrogens with zero attached hydrogens (tertiary/aromatic N) is 2. The molecule has 0 atom stereocenters. The van der Waals surface area contributed by atoms with Gasteiger partial charge in [0, 0.05) is 12.1 Å². The van der Waals surface area contributed by atoms with Crippen LogP contribution >= 0.6 is 0 Å². The molecule has 6 heteroatoms. The third-order valence-electron chi connectivity index (χ3n) is 2.61. The van der Waals surface area contributed by atoms with E-state index in [9.17, 15) is 4.79 Å². The molecule has 1 heterocycles. The Morgan fingerprint density at radius 1 is 1.38 bits per heavy atom. The number of hydrogen-bond acceptors (Lipinski definition) is 6. The number of rotatable bonds is 6. The first-order valence-corrected chi connectivity index (χ1v) is 6.26. The van der Waals surface area contributed by atoms with Gasteiger partial charge in [-0.1, -0.05) is 12.1 Å². The van der Waals surface area contributed by atoms with Gasteiger partial charge in [-0.2, -0.15) is 10.2 Å². The second-order valence-electron chi connectivity index (χ2n) is 4.10. The molecule has 6 nitrogen and oxygen atoms in total. The molecule has 0 saturated heterocycles. The monoisotopic (exact) mass is 283 g/mol. The molecule has 0 aliphatic carbocycles. The summed E-state index contributed by atoms with van der Waals surface area (Å²) in [5, 5.41) is 20.7. The Morgan fingerprint density at radius 3 is 2.95 bits per heavy atom. The number of benzene rings is 1. The normalized spacial score (nSPS) is 9.71. The lowest BCUT2D eigenvalue weighted by molar-refractivity contribution is 0.112. The fraction of sp³-hybridized carbons (Fsp3) is 0.133. The van der Waals surface area contributed by atoms with Crippen LogP contribution < -0.4 is 10.1 Å². The number of aldehydes is 1. The van der Waals surface area contributed by atoms with Crippen LogP contribution in [0.3, 0.4) is 0 Å². The quantitative estimate of drug-likeness (QED) is 0.787. The lowest BCUT2D eigenvalue weighted by Crippen LogP contribution is -2.07. The third-order valence-corrected chi connectivity index (χ3v) is 2.61. The number of nitrogens with one attached hydrogen (secondary N) is 1. The molecule has 2 rings (SSSR count). The van der Waals surface area contributed by atoms with Crippen molar-refractivity contribution >= 4 is 12.1 Å². The summed E-state index contributed by atoms with van der Waals surface area (Å²) < 4.78 is 5.57. The highest BCUT2D eigenvalue weighted by Gasteiger charge is 2.08. The van der Waals surface area contributed by atoms with E-state index >= 15 is 0 Å². The van der Waals surface area contributed by atoms with Crippen LogP contribution in [0, 0.1) is 11.3 Å². The van der Waals surface area contributed by atoms with E-state index in [2.05, 4.69) is 10.3 Å². The number of pyridine rings is 1. The molecule has 0 aliphatic heterocycles. The van der Waals surface area contributed by atoms with Crippen molar-refractivity contribution in [1.82, 2.24) is 4.98 Å². The Bertz CT molecular complexity index is 680. The standard InChI is InChI=1S/C15H13N3O3/c16-9-12-4-5-14(17-6-7-19)18-15(12)21-13-3-1-2-11(8-13)10-20/h1-5,8,10,19H,6-7H2,(H,17,18). The number of carbonyl (C=O) groups excluding carboxylic acids is 1. The first-order chi connectivity index (χ1) is 10.3. The Labute approximate surface area is 121 Å². The second kappa shape index (κ2) is 7.03. The van der Waals surface area contributed by atoms with Crippen molar-refractivity contribution in [2.75, 3.05) is 18.5 Å². The predicted octanol–water partition coefficient (Wildman–Crippen LogP) is 1.96. The number of carbonyl (C=O) groups is 1. The van der Waals surface area contributed by atoms with Gasteiger partial charge >= 0.3 is 0 Å².